The summed E-state index contributed by atoms with van der Waals surface area (Å²) in [6, 6.07) is 0. The van der Waals surface area contributed by atoms with Crippen molar-refractivity contribution in [3.63, 3.8) is 0 Å². The van der Waals surface area contributed by atoms with Crippen molar-refractivity contribution in [2.24, 2.45) is 0 Å². The quantitative estimate of drug-likeness (QED) is 0.127. The Morgan fingerprint density at radius 2 is 1.56 bits per heavy atom. The number of hydrogen-bond acceptors (Lipinski definition) is 1. The molecule has 0 spiro atoms. The highest BCUT2D eigenvalue weighted by Gasteiger charge is 2.12. The first kappa shape index (κ1) is 19.4. The molecule has 1 nitrogen and oxygen atoms in total. The van der Waals surface area contributed by atoms with E-state index < -0.39 is 0 Å². The number of ether oxygens (including phenoxy) is 1. The third-order valence-electron chi connectivity index (χ3n) is 2.75. The first-order valence-electron chi connectivity index (χ1n) is 7.02. The van der Waals surface area contributed by atoms with Gasteiger partial charge in [-0.3, -0.25) is 0 Å². The Labute approximate surface area is 144 Å². The molecule has 0 aromatic carbocycles. The van der Waals surface area contributed by atoms with E-state index in [0.29, 0.717) is 1.05 Å². The maximum absolute atomic E-state index is 5.48. The smallest absolute Gasteiger partial charge is 0.0671 e. The monoisotopic (exact) mass is 494 g/mol. The molecule has 0 aromatic rings. The molecule has 0 atom stereocenters. The highest BCUT2D eigenvalue weighted by molar-refractivity contribution is 14.2. The molecule has 0 aliphatic carbocycles. The third-order valence-corrected chi connectivity index (χ3v) is 4.33. The largest absolute Gasteiger partial charge is 0.377 e. The van der Waals surface area contributed by atoms with E-state index in [9.17, 15) is 0 Å². The average molecular weight is 494 g/mol. The summed E-state index contributed by atoms with van der Waals surface area (Å²) in [6.07, 6.45) is 10.9. The van der Waals surface area contributed by atoms with E-state index in [4.69, 9.17) is 4.74 Å². The van der Waals surface area contributed by atoms with Gasteiger partial charge in [0.1, 0.15) is 0 Å². The Balaban J connectivity index is 3.06. The first-order chi connectivity index (χ1) is 8.42. The Hall–Kier alpha value is 1.38. The SMILES string of the molecule is C=C(C)COCCCCCCCCCC([SiH3])(I)I. The zero-order valence-electron chi connectivity index (χ0n) is 11.9. The van der Waals surface area contributed by atoms with Crippen molar-refractivity contribution in [3.05, 3.63) is 12.2 Å². The zero-order valence-corrected chi connectivity index (χ0v) is 18.3. The summed E-state index contributed by atoms with van der Waals surface area (Å²) in [6.45, 7) is 7.47. The Morgan fingerprint density at radius 1 is 1.06 bits per heavy atom. The second-order valence-corrected chi connectivity index (χ2v) is 17.9. The van der Waals surface area contributed by atoms with Gasteiger partial charge in [0, 0.05) is 16.8 Å². The lowest BCUT2D eigenvalue weighted by Gasteiger charge is -2.13. The van der Waals surface area contributed by atoms with Gasteiger partial charge in [-0.25, -0.2) is 0 Å². The molecule has 0 radical (unpaired) electrons. The minimum absolute atomic E-state index is 0.593. The van der Waals surface area contributed by atoms with Crippen molar-refractivity contribution >= 4 is 55.4 Å². The Bertz CT molecular complexity index is 214. The van der Waals surface area contributed by atoms with Crippen LogP contribution < -0.4 is 0 Å². The van der Waals surface area contributed by atoms with Crippen molar-refractivity contribution < 1.29 is 4.74 Å². The summed E-state index contributed by atoms with van der Waals surface area (Å²) in [4.78, 5) is 0. The van der Waals surface area contributed by atoms with Crippen molar-refractivity contribution in [1.82, 2.24) is 0 Å². The highest BCUT2D eigenvalue weighted by atomic mass is 127. The fraction of sp³-hybridized carbons (Fsp3) is 0.857. The predicted octanol–water partition coefficient (Wildman–Crippen LogP) is 4.59. The van der Waals surface area contributed by atoms with Gasteiger partial charge in [0.05, 0.1) is 7.66 Å². The van der Waals surface area contributed by atoms with Crippen LogP contribution in [-0.2, 0) is 4.74 Å². The highest BCUT2D eigenvalue weighted by Crippen LogP contribution is 2.29. The molecule has 0 aliphatic rings. The van der Waals surface area contributed by atoms with Crippen molar-refractivity contribution in [2.45, 2.75) is 59.3 Å². The zero-order chi connectivity index (χ0) is 13.9. The minimum atomic E-state index is 0.593. The van der Waals surface area contributed by atoms with Crippen LogP contribution in [0, 0.1) is 0 Å². The van der Waals surface area contributed by atoms with E-state index in [-0.39, 0.29) is 0 Å². The van der Waals surface area contributed by atoms with Gasteiger partial charge in [-0.2, -0.15) is 0 Å². The molecule has 108 valence electrons. The summed E-state index contributed by atoms with van der Waals surface area (Å²) in [5.74, 6) is 0. The molecular formula is C14H28I2OSi. The maximum atomic E-state index is 5.48. The standard InChI is InChI=1S/C14H28I2OSi/c1-13(2)12-17-11-9-7-5-3-4-6-8-10-14(15,16)18/h1,3-12H2,2,18H3. The number of alkyl halides is 2. The van der Waals surface area contributed by atoms with Gasteiger partial charge in [-0.15, -0.1) is 0 Å². The lowest BCUT2D eigenvalue weighted by atomic mass is 10.1. The van der Waals surface area contributed by atoms with Crippen LogP contribution in [0.15, 0.2) is 12.2 Å². The lowest BCUT2D eigenvalue weighted by molar-refractivity contribution is 0.151. The molecule has 0 unspecified atom stereocenters. The summed E-state index contributed by atoms with van der Waals surface area (Å²) >= 11 is 5.19. The molecule has 18 heavy (non-hydrogen) atoms. The van der Waals surface area contributed by atoms with Gasteiger partial charge in [0.2, 0.25) is 0 Å². The van der Waals surface area contributed by atoms with Crippen LogP contribution in [0.25, 0.3) is 0 Å². The number of rotatable bonds is 12. The molecule has 0 N–H and O–H groups in total. The van der Waals surface area contributed by atoms with E-state index in [1.165, 1.54) is 61.6 Å². The number of hydrogen-bond donors (Lipinski definition) is 0. The molecule has 0 aromatic heterocycles. The Morgan fingerprint density at radius 3 is 2.06 bits per heavy atom. The predicted molar refractivity (Wildman–Crippen MR) is 103 cm³/mol. The summed E-state index contributed by atoms with van der Waals surface area (Å²) < 4.78 is 6.07. The van der Waals surface area contributed by atoms with Gasteiger partial charge >= 0.3 is 0 Å². The first-order valence-corrected chi connectivity index (χ1v) is 10.2. The van der Waals surface area contributed by atoms with Gasteiger partial charge in [0.15, 0.2) is 0 Å². The fourth-order valence-electron chi connectivity index (χ4n) is 1.77. The molecule has 0 saturated heterocycles. The second-order valence-electron chi connectivity index (χ2n) is 5.30. The van der Waals surface area contributed by atoms with Gasteiger partial charge in [-0.1, -0.05) is 95.9 Å². The number of halogens is 2. The molecule has 0 bridgehead atoms. The topological polar surface area (TPSA) is 9.23 Å². The van der Waals surface area contributed by atoms with Gasteiger partial charge < -0.3 is 4.74 Å². The van der Waals surface area contributed by atoms with Crippen LogP contribution in [-0.4, -0.2) is 24.5 Å². The van der Waals surface area contributed by atoms with Gasteiger partial charge in [-0.05, 0) is 19.8 Å². The van der Waals surface area contributed by atoms with Crippen LogP contribution in [0.3, 0.4) is 0 Å². The molecule has 0 fully saturated rings. The minimum Gasteiger partial charge on any atom is -0.377 e. The average Bonchev–Trinajstić information content (AvgIpc) is 2.24. The van der Waals surface area contributed by atoms with Crippen LogP contribution in [0.1, 0.15) is 58.3 Å². The van der Waals surface area contributed by atoms with Crippen LogP contribution in [0.4, 0.5) is 0 Å². The molecule has 0 aliphatic heterocycles. The van der Waals surface area contributed by atoms with Crippen molar-refractivity contribution in [1.29, 1.82) is 0 Å². The third kappa shape index (κ3) is 17.4. The van der Waals surface area contributed by atoms with E-state index in [2.05, 4.69) is 51.8 Å². The summed E-state index contributed by atoms with van der Waals surface area (Å²) in [5.41, 5.74) is 1.12. The van der Waals surface area contributed by atoms with E-state index in [0.717, 1.165) is 18.8 Å². The lowest BCUT2D eigenvalue weighted by Crippen LogP contribution is -2.08. The van der Waals surface area contributed by atoms with Crippen molar-refractivity contribution in [2.75, 3.05) is 13.2 Å². The Kier molecular flexibility index (Phi) is 13.1. The van der Waals surface area contributed by atoms with E-state index in [1.807, 2.05) is 6.92 Å². The van der Waals surface area contributed by atoms with Crippen molar-refractivity contribution in [3.8, 4) is 0 Å². The van der Waals surface area contributed by atoms with E-state index >= 15 is 0 Å². The van der Waals surface area contributed by atoms with Crippen LogP contribution >= 0.6 is 45.2 Å². The molecule has 4 heteroatoms. The summed E-state index contributed by atoms with van der Waals surface area (Å²) in [7, 11) is 1.30. The van der Waals surface area contributed by atoms with Gasteiger partial charge in [0.25, 0.3) is 0 Å². The van der Waals surface area contributed by atoms with Crippen LogP contribution in [0.2, 0.25) is 0 Å². The van der Waals surface area contributed by atoms with Crippen LogP contribution in [0.5, 0.6) is 0 Å². The molecular weight excluding hydrogens is 466 g/mol. The maximum Gasteiger partial charge on any atom is 0.0671 e. The fourth-order valence-corrected chi connectivity index (χ4v) is 2.89. The molecule has 0 heterocycles. The molecule has 0 saturated carbocycles. The normalized spacial score (nSPS) is 11.9. The number of unbranched alkanes of at least 4 members (excludes halogenated alkanes) is 6. The summed E-state index contributed by atoms with van der Waals surface area (Å²) in [5, 5.41) is 0. The molecule has 0 amide bonds. The second kappa shape index (κ2) is 12.1. The molecule has 0 rings (SSSR count). The van der Waals surface area contributed by atoms with E-state index in [1.54, 1.807) is 0 Å².